The Morgan fingerprint density at radius 3 is 2.58 bits per heavy atom. The minimum absolute atomic E-state index is 0.182. The van der Waals surface area contributed by atoms with Gasteiger partial charge >= 0.3 is 0 Å². The minimum Gasteiger partial charge on any atom is -0.271 e. The summed E-state index contributed by atoms with van der Waals surface area (Å²) in [6, 6.07) is 0. The SMILES string of the molecule is C/C=C/CN1C(=O)C=C(C)C1=O. The molecule has 0 aromatic carbocycles. The Labute approximate surface area is 71.4 Å². The highest BCUT2D eigenvalue weighted by Gasteiger charge is 2.26. The van der Waals surface area contributed by atoms with Gasteiger partial charge in [-0.2, -0.15) is 0 Å². The molecule has 0 aromatic rings. The molecule has 3 nitrogen and oxygen atoms in total. The zero-order valence-electron chi connectivity index (χ0n) is 7.20. The van der Waals surface area contributed by atoms with Crippen molar-refractivity contribution in [1.82, 2.24) is 4.90 Å². The van der Waals surface area contributed by atoms with Crippen molar-refractivity contribution in [2.75, 3.05) is 6.54 Å². The van der Waals surface area contributed by atoms with Crippen molar-refractivity contribution in [1.29, 1.82) is 0 Å². The third-order valence-corrected chi connectivity index (χ3v) is 1.71. The van der Waals surface area contributed by atoms with Crippen molar-refractivity contribution in [2.24, 2.45) is 0 Å². The van der Waals surface area contributed by atoms with Crippen molar-refractivity contribution >= 4 is 11.8 Å². The lowest BCUT2D eigenvalue weighted by Gasteiger charge is -2.10. The molecule has 0 bridgehead atoms. The summed E-state index contributed by atoms with van der Waals surface area (Å²) in [6.07, 6.45) is 4.96. The lowest BCUT2D eigenvalue weighted by molar-refractivity contribution is -0.136. The largest absolute Gasteiger partial charge is 0.271 e. The first-order chi connectivity index (χ1) is 5.66. The van der Waals surface area contributed by atoms with Crippen molar-refractivity contribution in [3.05, 3.63) is 23.8 Å². The lowest BCUT2D eigenvalue weighted by Crippen LogP contribution is -2.30. The molecule has 0 spiro atoms. The number of allylic oxidation sites excluding steroid dienone is 1. The molecule has 64 valence electrons. The van der Waals surface area contributed by atoms with Crippen LogP contribution in [-0.2, 0) is 9.59 Å². The van der Waals surface area contributed by atoms with E-state index in [1.165, 1.54) is 11.0 Å². The van der Waals surface area contributed by atoms with Crippen LogP contribution in [0.5, 0.6) is 0 Å². The molecule has 0 radical (unpaired) electrons. The molecule has 0 atom stereocenters. The minimum atomic E-state index is -0.212. The monoisotopic (exact) mass is 165 g/mol. The number of carbonyl (C=O) groups is 2. The van der Waals surface area contributed by atoms with Crippen LogP contribution in [0.3, 0.4) is 0 Å². The van der Waals surface area contributed by atoms with E-state index in [2.05, 4.69) is 0 Å². The van der Waals surface area contributed by atoms with E-state index in [1.807, 2.05) is 13.0 Å². The van der Waals surface area contributed by atoms with Crippen molar-refractivity contribution in [3.63, 3.8) is 0 Å². The van der Waals surface area contributed by atoms with Gasteiger partial charge in [0.1, 0.15) is 0 Å². The maximum atomic E-state index is 11.2. The van der Waals surface area contributed by atoms with E-state index in [9.17, 15) is 9.59 Å². The van der Waals surface area contributed by atoms with Gasteiger partial charge in [-0.25, -0.2) is 0 Å². The van der Waals surface area contributed by atoms with E-state index in [-0.39, 0.29) is 11.8 Å². The fourth-order valence-corrected chi connectivity index (χ4v) is 1.02. The van der Waals surface area contributed by atoms with Crippen LogP contribution in [0.2, 0.25) is 0 Å². The van der Waals surface area contributed by atoms with Crippen LogP contribution < -0.4 is 0 Å². The van der Waals surface area contributed by atoms with Crippen LogP contribution in [0.4, 0.5) is 0 Å². The first-order valence-electron chi connectivity index (χ1n) is 3.82. The van der Waals surface area contributed by atoms with Crippen LogP contribution in [0.15, 0.2) is 23.8 Å². The van der Waals surface area contributed by atoms with E-state index in [1.54, 1.807) is 13.0 Å². The topological polar surface area (TPSA) is 37.4 Å². The van der Waals surface area contributed by atoms with Crippen LogP contribution in [0.25, 0.3) is 0 Å². The van der Waals surface area contributed by atoms with Gasteiger partial charge in [-0.3, -0.25) is 14.5 Å². The Hall–Kier alpha value is -1.38. The molecule has 0 aromatic heterocycles. The zero-order chi connectivity index (χ0) is 9.14. The number of imide groups is 1. The molecule has 0 saturated heterocycles. The third-order valence-electron chi connectivity index (χ3n) is 1.71. The summed E-state index contributed by atoms with van der Waals surface area (Å²) in [5.41, 5.74) is 0.518. The normalized spacial score (nSPS) is 17.8. The highest BCUT2D eigenvalue weighted by molar-refractivity contribution is 6.15. The number of carbonyl (C=O) groups excluding carboxylic acids is 2. The maximum absolute atomic E-state index is 11.2. The molecule has 0 saturated carbocycles. The Morgan fingerprint density at radius 1 is 1.50 bits per heavy atom. The van der Waals surface area contributed by atoms with Crippen molar-refractivity contribution < 1.29 is 9.59 Å². The van der Waals surface area contributed by atoms with Crippen LogP contribution in [-0.4, -0.2) is 23.3 Å². The molecule has 0 fully saturated rings. The Kier molecular flexibility index (Phi) is 2.43. The second kappa shape index (κ2) is 3.34. The Balaban J connectivity index is 2.70. The fourth-order valence-electron chi connectivity index (χ4n) is 1.02. The standard InChI is InChI=1S/C9H11NO2/c1-3-4-5-10-8(11)6-7(2)9(10)12/h3-4,6H,5H2,1-2H3/b4-3+. The number of rotatable bonds is 2. The Morgan fingerprint density at radius 2 is 2.17 bits per heavy atom. The molecule has 0 aliphatic carbocycles. The fraction of sp³-hybridized carbons (Fsp3) is 0.333. The van der Waals surface area contributed by atoms with Crippen molar-refractivity contribution in [2.45, 2.75) is 13.8 Å². The predicted molar refractivity (Wildman–Crippen MR) is 45.3 cm³/mol. The predicted octanol–water partition coefficient (Wildman–Crippen LogP) is 0.878. The smallest absolute Gasteiger partial charge is 0.256 e. The average molecular weight is 165 g/mol. The van der Waals surface area contributed by atoms with Gasteiger partial charge in [0, 0.05) is 18.2 Å². The molecule has 3 heteroatoms. The van der Waals surface area contributed by atoms with E-state index in [0.717, 1.165) is 0 Å². The summed E-state index contributed by atoms with van der Waals surface area (Å²) in [4.78, 5) is 23.5. The van der Waals surface area contributed by atoms with Crippen LogP contribution in [0, 0.1) is 0 Å². The number of amides is 2. The molecule has 1 aliphatic rings. The maximum Gasteiger partial charge on any atom is 0.256 e. The van der Waals surface area contributed by atoms with E-state index >= 15 is 0 Å². The summed E-state index contributed by atoms with van der Waals surface area (Å²) in [7, 11) is 0. The molecule has 0 N–H and O–H groups in total. The molecule has 0 unspecified atom stereocenters. The van der Waals surface area contributed by atoms with E-state index < -0.39 is 0 Å². The first kappa shape index (κ1) is 8.71. The van der Waals surface area contributed by atoms with E-state index in [4.69, 9.17) is 0 Å². The van der Waals surface area contributed by atoms with Gasteiger partial charge in [0.25, 0.3) is 11.8 Å². The van der Waals surface area contributed by atoms with Gasteiger partial charge in [0.15, 0.2) is 0 Å². The van der Waals surface area contributed by atoms with E-state index in [0.29, 0.717) is 12.1 Å². The molecular weight excluding hydrogens is 154 g/mol. The number of nitrogens with zero attached hydrogens (tertiary/aromatic N) is 1. The quantitative estimate of drug-likeness (QED) is 0.450. The first-order valence-corrected chi connectivity index (χ1v) is 3.82. The molecule has 2 amide bonds. The highest BCUT2D eigenvalue weighted by Crippen LogP contribution is 2.10. The second-order valence-electron chi connectivity index (χ2n) is 2.65. The highest BCUT2D eigenvalue weighted by atomic mass is 16.2. The van der Waals surface area contributed by atoms with Gasteiger partial charge in [0.2, 0.25) is 0 Å². The number of hydrogen-bond acceptors (Lipinski definition) is 2. The van der Waals surface area contributed by atoms with Gasteiger partial charge < -0.3 is 0 Å². The van der Waals surface area contributed by atoms with Gasteiger partial charge in [-0.15, -0.1) is 0 Å². The Bertz CT molecular complexity index is 276. The zero-order valence-corrected chi connectivity index (χ0v) is 7.20. The molecule has 12 heavy (non-hydrogen) atoms. The summed E-state index contributed by atoms with van der Waals surface area (Å²) < 4.78 is 0. The lowest BCUT2D eigenvalue weighted by atomic mass is 10.3. The summed E-state index contributed by atoms with van der Waals surface area (Å²) >= 11 is 0. The third kappa shape index (κ3) is 1.44. The van der Waals surface area contributed by atoms with Crippen LogP contribution >= 0.6 is 0 Å². The van der Waals surface area contributed by atoms with Gasteiger partial charge in [0.05, 0.1) is 0 Å². The van der Waals surface area contributed by atoms with Gasteiger partial charge in [-0.1, -0.05) is 12.2 Å². The van der Waals surface area contributed by atoms with Gasteiger partial charge in [-0.05, 0) is 13.8 Å². The average Bonchev–Trinajstić information content (AvgIpc) is 2.25. The molecule has 1 aliphatic heterocycles. The molecular formula is C9H11NO2. The summed E-state index contributed by atoms with van der Waals surface area (Å²) in [6.45, 7) is 3.88. The molecule has 1 heterocycles. The summed E-state index contributed by atoms with van der Waals surface area (Å²) in [5, 5.41) is 0. The van der Waals surface area contributed by atoms with Crippen molar-refractivity contribution in [3.8, 4) is 0 Å². The molecule has 1 rings (SSSR count). The summed E-state index contributed by atoms with van der Waals surface area (Å²) in [5.74, 6) is -0.395. The van der Waals surface area contributed by atoms with Crippen LogP contribution in [0.1, 0.15) is 13.8 Å². The second-order valence-corrected chi connectivity index (χ2v) is 2.65. The number of hydrogen-bond donors (Lipinski definition) is 0.